The summed E-state index contributed by atoms with van der Waals surface area (Å²) in [5.41, 5.74) is 0.754. The molecule has 0 amide bonds. The van der Waals surface area contributed by atoms with Crippen LogP contribution in [-0.4, -0.2) is 27.9 Å². The summed E-state index contributed by atoms with van der Waals surface area (Å²) in [4.78, 5) is 0. The van der Waals surface area contributed by atoms with Crippen molar-refractivity contribution in [3.63, 3.8) is 0 Å². The average Bonchev–Trinajstić information content (AvgIpc) is 2.17. The summed E-state index contributed by atoms with van der Waals surface area (Å²) in [7, 11) is -0.784. The summed E-state index contributed by atoms with van der Waals surface area (Å²) in [5.74, 6) is 0.839. The van der Waals surface area contributed by atoms with Crippen LogP contribution >= 0.6 is 11.6 Å². The number of aromatic hydroxyl groups is 1. The van der Waals surface area contributed by atoms with E-state index >= 15 is 0 Å². The maximum Gasteiger partial charge on any atom is 0.120 e. The molecule has 1 unspecified atom stereocenters. The molecule has 84 valence electrons. The van der Waals surface area contributed by atoms with Crippen molar-refractivity contribution in [2.75, 3.05) is 18.6 Å². The maximum absolute atomic E-state index is 10.8. The molecule has 1 rings (SSSR count). The van der Waals surface area contributed by atoms with Crippen molar-refractivity contribution in [3.05, 3.63) is 28.8 Å². The molecule has 5 heteroatoms. The standard InChI is InChI=1S/C10H14ClNO2S/c1-15(14)5-4-12-7-8-6-9(11)2-3-10(8)13/h2-3,6,12-13H,4-5,7H2,1H3. The highest BCUT2D eigenvalue weighted by molar-refractivity contribution is 7.84. The number of benzene rings is 1. The molecule has 1 atom stereocenters. The van der Waals surface area contributed by atoms with Gasteiger partial charge < -0.3 is 10.4 Å². The van der Waals surface area contributed by atoms with E-state index in [-0.39, 0.29) is 5.75 Å². The largest absolute Gasteiger partial charge is 0.508 e. The van der Waals surface area contributed by atoms with E-state index in [9.17, 15) is 9.32 Å². The highest BCUT2D eigenvalue weighted by Gasteiger charge is 2.01. The van der Waals surface area contributed by atoms with Crippen LogP contribution in [0.3, 0.4) is 0 Å². The number of nitrogens with one attached hydrogen (secondary N) is 1. The summed E-state index contributed by atoms with van der Waals surface area (Å²) in [5, 5.41) is 13.2. The zero-order valence-electron chi connectivity index (χ0n) is 8.50. The van der Waals surface area contributed by atoms with Crippen molar-refractivity contribution < 1.29 is 9.32 Å². The topological polar surface area (TPSA) is 49.3 Å². The van der Waals surface area contributed by atoms with Crippen LogP contribution in [0, 0.1) is 0 Å². The van der Waals surface area contributed by atoms with Crippen LogP contribution in [0.2, 0.25) is 5.02 Å². The minimum Gasteiger partial charge on any atom is -0.508 e. The van der Waals surface area contributed by atoms with Gasteiger partial charge in [0.25, 0.3) is 0 Å². The third-order valence-corrected chi connectivity index (χ3v) is 2.94. The molecule has 0 aliphatic heterocycles. The molecule has 0 bridgehead atoms. The van der Waals surface area contributed by atoms with Gasteiger partial charge in [0.15, 0.2) is 0 Å². The minimum atomic E-state index is -0.784. The number of hydrogen-bond donors (Lipinski definition) is 2. The summed E-state index contributed by atoms with van der Waals surface area (Å²) >= 11 is 5.79. The van der Waals surface area contributed by atoms with Crippen LogP contribution in [0.15, 0.2) is 18.2 Å². The number of phenols is 1. The van der Waals surface area contributed by atoms with E-state index in [0.717, 1.165) is 5.56 Å². The third-order valence-electron chi connectivity index (χ3n) is 1.92. The first-order chi connectivity index (χ1) is 7.09. The van der Waals surface area contributed by atoms with Gasteiger partial charge in [-0.2, -0.15) is 0 Å². The SMILES string of the molecule is CS(=O)CCNCc1cc(Cl)ccc1O. The van der Waals surface area contributed by atoms with Gasteiger partial charge in [-0.15, -0.1) is 0 Å². The van der Waals surface area contributed by atoms with Crippen molar-refractivity contribution >= 4 is 22.4 Å². The molecule has 0 aliphatic carbocycles. The molecule has 0 aliphatic rings. The molecular formula is C10H14ClNO2S. The Hall–Kier alpha value is -0.580. The van der Waals surface area contributed by atoms with Crippen molar-refractivity contribution in [1.29, 1.82) is 0 Å². The number of phenolic OH excluding ortho intramolecular Hbond substituents is 1. The first-order valence-electron chi connectivity index (χ1n) is 4.57. The lowest BCUT2D eigenvalue weighted by Gasteiger charge is -2.06. The lowest BCUT2D eigenvalue weighted by Crippen LogP contribution is -2.19. The van der Waals surface area contributed by atoms with E-state index < -0.39 is 10.8 Å². The molecule has 3 nitrogen and oxygen atoms in total. The van der Waals surface area contributed by atoms with Gasteiger partial charge in [0, 0.05) is 46.5 Å². The molecular weight excluding hydrogens is 234 g/mol. The quantitative estimate of drug-likeness (QED) is 0.776. The molecule has 0 heterocycles. The van der Waals surface area contributed by atoms with Gasteiger partial charge in [0.2, 0.25) is 0 Å². The summed E-state index contributed by atoms with van der Waals surface area (Å²) < 4.78 is 10.8. The van der Waals surface area contributed by atoms with Crippen LogP contribution in [0.5, 0.6) is 5.75 Å². The van der Waals surface area contributed by atoms with E-state index in [1.54, 1.807) is 24.5 Å². The van der Waals surface area contributed by atoms with E-state index in [1.807, 2.05) is 0 Å². The highest BCUT2D eigenvalue weighted by atomic mass is 35.5. The van der Waals surface area contributed by atoms with Crippen LogP contribution in [-0.2, 0) is 17.3 Å². The Kier molecular flexibility index (Phi) is 5.08. The highest BCUT2D eigenvalue weighted by Crippen LogP contribution is 2.20. The van der Waals surface area contributed by atoms with Crippen LogP contribution in [0.1, 0.15) is 5.56 Å². The number of hydrogen-bond acceptors (Lipinski definition) is 3. The van der Waals surface area contributed by atoms with Crippen molar-refractivity contribution in [2.45, 2.75) is 6.54 Å². The van der Waals surface area contributed by atoms with Gasteiger partial charge in [-0.25, -0.2) is 0 Å². The Morgan fingerprint density at radius 2 is 2.27 bits per heavy atom. The Balaban J connectivity index is 2.43. The fourth-order valence-corrected chi connectivity index (χ4v) is 1.76. The predicted octanol–water partition coefficient (Wildman–Crippen LogP) is 1.51. The molecule has 0 aromatic heterocycles. The molecule has 1 aromatic carbocycles. The fraction of sp³-hybridized carbons (Fsp3) is 0.400. The lowest BCUT2D eigenvalue weighted by atomic mass is 10.2. The maximum atomic E-state index is 10.8. The first kappa shape index (κ1) is 12.5. The molecule has 0 radical (unpaired) electrons. The third kappa shape index (κ3) is 4.64. The van der Waals surface area contributed by atoms with Gasteiger partial charge in [0.1, 0.15) is 5.75 Å². The Morgan fingerprint density at radius 1 is 1.53 bits per heavy atom. The lowest BCUT2D eigenvalue weighted by molar-refractivity contribution is 0.465. The zero-order valence-corrected chi connectivity index (χ0v) is 10.1. The average molecular weight is 248 g/mol. The Morgan fingerprint density at radius 3 is 2.93 bits per heavy atom. The normalized spacial score (nSPS) is 12.7. The number of rotatable bonds is 5. The van der Waals surface area contributed by atoms with Gasteiger partial charge in [-0.1, -0.05) is 11.6 Å². The fourth-order valence-electron chi connectivity index (χ4n) is 1.13. The molecule has 0 saturated heterocycles. The minimum absolute atomic E-state index is 0.226. The van der Waals surface area contributed by atoms with E-state index in [0.29, 0.717) is 23.9 Å². The predicted molar refractivity (Wildman–Crippen MR) is 63.8 cm³/mol. The van der Waals surface area contributed by atoms with E-state index in [4.69, 9.17) is 11.6 Å². The summed E-state index contributed by atoms with van der Waals surface area (Å²) in [6.45, 7) is 1.19. The van der Waals surface area contributed by atoms with Gasteiger partial charge >= 0.3 is 0 Å². The monoisotopic (exact) mass is 247 g/mol. The second kappa shape index (κ2) is 6.10. The second-order valence-electron chi connectivity index (χ2n) is 3.23. The van der Waals surface area contributed by atoms with Crippen LogP contribution < -0.4 is 5.32 Å². The van der Waals surface area contributed by atoms with Gasteiger partial charge in [-0.05, 0) is 18.2 Å². The smallest absolute Gasteiger partial charge is 0.120 e. The van der Waals surface area contributed by atoms with Crippen molar-refractivity contribution in [2.24, 2.45) is 0 Å². The molecule has 2 N–H and O–H groups in total. The summed E-state index contributed by atoms with van der Waals surface area (Å²) in [6.07, 6.45) is 1.67. The van der Waals surface area contributed by atoms with E-state index in [2.05, 4.69) is 5.32 Å². The van der Waals surface area contributed by atoms with Crippen LogP contribution in [0.25, 0.3) is 0 Å². The van der Waals surface area contributed by atoms with E-state index in [1.165, 1.54) is 0 Å². The van der Waals surface area contributed by atoms with Crippen LogP contribution in [0.4, 0.5) is 0 Å². The second-order valence-corrected chi connectivity index (χ2v) is 5.22. The summed E-state index contributed by atoms with van der Waals surface area (Å²) in [6, 6.07) is 4.92. The molecule has 15 heavy (non-hydrogen) atoms. The molecule has 1 aromatic rings. The molecule has 0 spiro atoms. The van der Waals surface area contributed by atoms with Gasteiger partial charge in [-0.3, -0.25) is 4.21 Å². The van der Waals surface area contributed by atoms with Crippen molar-refractivity contribution in [3.8, 4) is 5.75 Å². The molecule has 0 fully saturated rings. The Bertz CT molecular complexity index is 357. The number of halogens is 1. The first-order valence-corrected chi connectivity index (χ1v) is 6.68. The molecule has 0 saturated carbocycles. The Labute approximate surface area is 96.9 Å². The van der Waals surface area contributed by atoms with Gasteiger partial charge in [0.05, 0.1) is 0 Å². The zero-order chi connectivity index (χ0) is 11.3. The van der Waals surface area contributed by atoms with Crippen molar-refractivity contribution in [1.82, 2.24) is 5.32 Å².